The fraction of sp³-hybridized carbons (Fsp3) is 0.762. The summed E-state index contributed by atoms with van der Waals surface area (Å²) in [4.78, 5) is 60.1. The molecule has 0 aromatic carbocycles. The van der Waals surface area contributed by atoms with E-state index >= 15 is 0 Å². The van der Waals surface area contributed by atoms with Crippen molar-refractivity contribution in [2.75, 3.05) is 0 Å². The standard InChI is InChI=1S/C21H32O11/c1-8-10(4)21(27)32-18-16(29-12(6)23)14(25)15(28-11(5)22)17(19(18)30-13(7)24)31-20(26)9(2)3/h9-10,14-19,25H,8H2,1-7H3/t10?,14-,15-,16+,17+,18+,19+/m0/s1. The van der Waals surface area contributed by atoms with Gasteiger partial charge in [-0.05, 0) is 6.42 Å². The smallest absolute Gasteiger partial charge is 0.309 e. The number of hydrogen-bond donors (Lipinski definition) is 1. The zero-order valence-corrected chi connectivity index (χ0v) is 19.4. The molecule has 1 aliphatic rings. The van der Waals surface area contributed by atoms with E-state index in [-0.39, 0.29) is 0 Å². The maximum absolute atomic E-state index is 12.5. The van der Waals surface area contributed by atoms with Crippen LogP contribution in [0.2, 0.25) is 0 Å². The van der Waals surface area contributed by atoms with E-state index in [4.69, 9.17) is 23.7 Å². The molecule has 0 heterocycles. The van der Waals surface area contributed by atoms with Gasteiger partial charge in [0.1, 0.15) is 6.10 Å². The molecule has 0 aromatic rings. The average Bonchev–Trinajstić information content (AvgIpc) is 2.68. The number of hydrogen-bond acceptors (Lipinski definition) is 11. The molecule has 11 nitrogen and oxygen atoms in total. The predicted octanol–water partition coefficient (Wildman–Crippen LogP) is 0.682. The van der Waals surface area contributed by atoms with E-state index in [2.05, 4.69) is 0 Å². The van der Waals surface area contributed by atoms with Crippen molar-refractivity contribution in [1.29, 1.82) is 0 Å². The van der Waals surface area contributed by atoms with E-state index in [1.54, 1.807) is 27.7 Å². The summed E-state index contributed by atoms with van der Waals surface area (Å²) in [6, 6.07) is 0. The van der Waals surface area contributed by atoms with Crippen molar-refractivity contribution in [3.63, 3.8) is 0 Å². The van der Waals surface area contributed by atoms with Crippen LogP contribution in [0.15, 0.2) is 0 Å². The molecule has 0 aliphatic heterocycles. The lowest BCUT2D eigenvalue weighted by atomic mass is 9.83. The second-order valence-electron chi connectivity index (χ2n) is 7.98. The molecule has 32 heavy (non-hydrogen) atoms. The minimum Gasteiger partial charge on any atom is -0.455 e. The summed E-state index contributed by atoms with van der Waals surface area (Å²) in [7, 11) is 0. The Balaban J connectivity index is 3.56. The molecule has 0 radical (unpaired) electrons. The Morgan fingerprint density at radius 1 is 0.656 bits per heavy atom. The Morgan fingerprint density at radius 3 is 1.34 bits per heavy atom. The first-order chi connectivity index (χ1) is 14.8. The third kappa shape index (κ3) is 7.18. The molecule has 1 aliphatic carbocycles. The largest absolute Gasteiger partial charge is 0.455 e. The van der Waals surface area contributed by atoms with Crippen molar-refractivity contribution < 1.29 is 52.8 Å². The summed E-state index contributed by atoms with van der Waals surface area (Å²) in [5.41, 5.74) is 0. The molecule has 11 heteroatoms. The molecule has 182 valence electrons. The van der Waals surface area contributed by atoms with Crippen LogP contribution in [-0.2, 0) is 47.7 Å². The number of carbonyl (C=O) groups is 5. The molecule has 0 saturated heterocycles. The number of rotatable bonds is 8. The molecule has 0 bridgehead atoms. The minimum absolute atomic E-state index is 0.423. The molecule has 1 rings (SSSR count). The molecule has 1 unspecified atom stereocenters. The van der Waals surface area contributed by atoms with Crippen molar-refractivity contribution in [1.82, 2.24) is 0 Å². The highest BCUT2D eigenvalue weighted by Crippen LogP contribution is 2.33. The molecule has 0 spiro atoms. The summed E-state index contributed by atoms with van der Waals surface area (Å²) in [5, 5.41) is 10.9. The van der Waals surface area contributed by atoms with Crippen molar-refractivity contribution in [2.45, 2.75) is 91.5 Å². The maximum atomic E-state index is 12.5. The van der Waals surface area contributed by atoms with E-state index in [1.165, 1.54) is 0 Å². The molecule has 1 saturated carbocycles. The van der Waals surface area contributed by atoms with Gasteiger partial charge in [0.15, 0.2) is 30.5 Å². The van der Waals surface area contributed by atoms with Crippen molar-refractivity contribution in [3.8, 4) is 0 Å². The normalized spacial score (nSPS) is 28.3. The molecular formula is C21H32O11. The fourth-order valence-electron chi connectivity index (χ4n) is 3.07. The predicted molar refractivity (Wildman–Crippen MR) is 107 cm³/mol. The first-order valence-electron chi connectivity index (χ1n) is 10.4. The quantitative estimate of drug-likeness (QED) is 0.402. The lowest BCUT2D eigenvalue weighted by Gasteiger charge is -2.46. The monoisotopic (exact) mass is 460 g/mol. The van der Waals surface area contributed by atoms with Gasteiger partial charge in [-0.2, -0.15) is 0 Å². The Bertz CT molecular complexity index is 717. The Hall–Kier alpha value is -2.69. The van der Waals surface area contributed by atoms with Gasteiger partial charge >= 0.3 is 29.8 Å². The van der Waals surface area contributed by atoms with E-state index in [0.29, 0.717) is 6.42 Å². The number of ether oxygens (including phenoxy) is 5. The van der Waals surface area contributed by atoms with E-state index in [9.17, 15) is 29.1 Å². The Labute approximate surface area is 186 Å². The topological polar surface area (TPSA) is 152 Å². The summed E-state index contributed by atoms with van der Waals surface area (Å²) in [6.07, 6.45) is -9.06. The van der Waals surface area contributed by atoms with Gasteiger partial charge in [0.2, 0.25) is 0 Å². The van der Waals surface area contributed by atoms with Crippen LogP contribution in [0.5, 0.6) is 0 Å². The van der Waals surface area contributed by atoms with E-state index in [0.717, 1.165) is 20.8 Å². The van der Waals surface area contributed by atoms with Gasteiger partial charge in [0, 0.05) is 20.8 Å². The summed E-state index contributed by atoms with van der Waals surface area (Å²) < 4.78 is 26.5. The lowest BCUT2D eigenvalue weighted by molar-refractivity contribution is -0.257. The van der Waals surface area contributed by atoms with Crippen molar-refractivity contribution in [3.05, 3.63) is 0 Å². The number of carbonyl (C=O) groups excluding carboxylic acids is 5. The third-order valence-electron chi connectivity index (χ3n) is 4.87. The molecule has 0 aromatic heterocycles. The molecule has 1 fully saturated rings. The summed E-state index contributed by atoms with van der Waals surface area (Å²) in [5.74, 6) is -5.13. The van der Waals surface area contributed by atoms with E-state index < -0.39 is 78.3 Å². The molecule has 1 N–H and O–H groups in total. The van der Waals surface area contributed by atoms with Gasteiger partial charge in [-0.1, -0.05) is 27.7 Å². The van der Waals surface area contributed by atoms with Crippen molar-refractivity contribution in [2.24, 2.45) is 11.8 Å². The zero-order valence-electron chi connectivity index (χ0n) is 19.4. The zero-order chi connectivity index (χ0) is 24.7. The van der Waals surface area contributed by atoms with Gasteiger partial charge in [0.25, 0.3) is 0 Å². The van der Waals surface area contributed by atoms with Crippen LogP contribution in [-0.4, -0.2) is 71.6 Å². The molecular weight excluding hydrogens is 428 g/mol. The van der Waals surface area contributed by atoms with Gasteiger partial charge in [-0.25, -0.2) is 0 Å². The van der Waals surface area contributed by atoms with Crippen LogP contribution in [0.3, 0.4) is 0 Å². The molecule has 7 atom stereocenters. The van der Waals surface area contributed by atoms with Crippen molar-refractivity contribution >= 4 is 29.8 Å². The first-order valence-corrected chi connectivity index (χ1v) is 10.4. The fourth-order valence-corrected chi connectivity index (χ4v) is 3.07. The lowest BCUT2D eigenvalue weighted by Crippen LogP contribution is -2.68. The number of aliphatic hydroxyl groups is 1. The number of esters is 5. The Morgan fingerprint density at radius 2 is 1.00 bits per heavy atom. The van der Waals surface area contributed by atoms with Gasteiger partial charge in [-0.15, -0.1) is 0 Å². The van der Waals surface area contributed by atoms with Crippen LogP contribution >= 0.6 is 0 Å². The van der Waals surface area contributed by atoms with Crippen LogP contribution in [0.4, 0.5) is 0 Å². The van der Waals surface area contributed by atoms with Crippen LogP contribution < -0.4 is 0 Å². The van der Waals surface area contributed by atoms with Crippen LogP contribution in [0.25, 0.3) is 0 Å². The van der Waals surface area contributed by atoms with E-state index in [1.807, 2.05) is 0 Å². The third-order valence-corrected chi connectivity index (χ3v) is 4.87. The van der Waals surface area contributed by atoms with Gasteiger partial charge in [0.05, 0.1) is 11.8 Å². The second-order valence-corrected chi connectivity index (χ2v) is 7.98. The minimum atomic E-state index is -1.76. The highest BCUT2D eigenvalue weighted by molar-refractivity contribution is 5.73. The van der Waals surface area contributed by atoms with Gasteiger partial charge < -0.3 is 28.8 Å². The number of aliphatic hydroxyl groups excluding tert-OH is 1. The van der Waals surface area contributed by atoms with Crippen LogP contribution in [0.1, 0.15) is 54.9 Å². The summed E-state index contributed by atoms with van der Waals surface area (Å²) >= 11 is 0. The highest BCUT2D eigenvalue weighted by Gasteiger charge is 2.59. The Kier molecular flexibility index (Phi) is 10.1. The SMILES string of the molecule is CCC(C)C(=O)O[C@H]1[C@H](OC(C)=O)[C@H](OC(=O)C(C)C)[C@@H](OC(C)=O)[C@H](O)[C@H]1OC(C)=O. The summed E-state index contributed by atoms with van der Waals surface area (Å²) in [6.45, 7) is 9.63. The highest BCUT2D eigenvalue weighted by atomic mass is 16.7. The maximum Gasteiger partial charge on any atom is 0.309 e. The van der Waals surface area contributed by atoms with Gasteiger partial charge in [-0.3, -0.25) is 24.0 Å². The average molecular weight is 460 g/mol. The first kappa shape index (κ1) is 27.3. The van der Waals surface area contributed by atoms with Crippen LogP contribution in [0, 0.1) is 11.8 Å². The molecule has 0 amide bonds. The second kappa shape index (κ2) is 11.8.